The summed E-state index contributed by atoms with van der Waals surface area (Å²) in [5.74, 6) is 0.0344. The van der Waals surface area contributed by atoms with Crippen molar-refractivity contribution in [1.82, 2.24) is 20.1 Å². The van der Waals surface area contributed by atoms with E-state index in [-0.39, 0.29) is 17.6 Å². The van der Waals surface area contributed by atoms with Gasteiger partial charge in [0.25, 0.3) is 5.91 Å². The molecule has 0 fully saturated rings. The van der Waals surface area contributed by atoms with E-state index in [1.165, 1.54) is 36.0 Å². The van der Waals surface area contributed by atoms with E-state index in [0.717, 1.165) is 5.69 Å². The molecule has 0 aliphatic carbocycles. The predicted molar refractivity (Wildman–Crippen MR) is 118 cm³/mol. The smallest absolute Gasteiger partial charge is 0.251 e. The third-order valence-electron chi connectivity index (χ3n) is 4.24. The number of hydrogen-bond donors (Lipinski definition) is 2. The van der Waals surface area contributed by atoms with E-state index in [9.17, 15) is 14.0 Å². The standard InChI is InChI=1S/C22H22FN5O2S/c1-2-14-28-19(12-13-24-21(30)16-8-10-17(23)11-9-16)26-27-22(28)31-15-20(29)25-18-6-4-3-5-7-18/h2-11H,1,12-15H2,(H,24,30)(H,25,29). The Balaban J connectivity index is 1.54. The fourth-order valence-corrected chi connectivity index (χ4v) is 3.53. The molecule has 0 aliphatic rings. The van der Waals surface area contributed by atoms with Gasteiger partial charge in [-0.1, -0.05) is 36.0 Å². The zero-order chi connectivity index (χ0) is 22.1. The number of nitrogens with zero attached hydrogens (tertiary/aromatic N) is 3. The van der Waals surface area contributed by atoms with Crippen molar-refractivity contribution in [3.63, 3.8) is 0 Å². The second kappa shape index (κ2) is 11.1. The molecule has 160 valence electrons. The highest BCUT2D eigenvalue weighted by Gasteiger charge is 2.14. The number of carbonyl (C=O) groups is 2. The molecule has 0 atom stereocenters. The summed E-state index contributed by atoms with van der Waals surface area (Å²) < 4.78 is 14.8. The number of aromatic nitrogens is 3. The Morgan fingerprint density at radius 3 is 2.55 bits per heavy atom. The van der Waals surface area contributed by atoms with E-state index in [0.29, 0.717) is 36.1 Å². The molecule has 0 radical (unpaired) electrons. The van der Waals surface area contributed by atoms with Crippen LogP contribution < -0.4 is 10.6 Å². The minimum absolute atomic E-state index is 0.141. The lowest BCUT2D eigenvalue weighted by Crippen LogP contribution is -2.26. The number of para-hydroxylation sites is 1. The Morgan fingerprint density at radius 2 is 1.84 bits per heavy atom. The van der Waals surface area contributed by atoms with E-state index in [1.54, 1.807) is 6.08 Å². The number of hydrogen-bond acceptors (Lipinski definition) is 5. The Labute approximate surface area is 183 Å². The minimum Gasteiger partial charge on any atom is -0.352 e. The van der Waals surface area contributed by atoms with Crippen LogP contribution in [0, 0.1) is 5.82 Å². The first-order valence-corrected chi connectivity index (χ1v) is 10.6. The third-order valence-corrected chi connectivity index (χ3v) is 5.20. The molecular weight excluding hydrogens is 417 g/mol. The monoisotopic (exact) mass is 439 g/mol. The van der Waals surface area contributed by atoms with Gasteiger partial charge in [0.15, 0.2) is 5.16 Å². The summed E-state index contributed by atoms with van der Waals surface area (Å²) in [6.07, 6.45) is 2.17. The van der Waals surface area contributed by atoms with Crippen molar-refractivity contribution in [2.45, 2.75) is 18.1 Å². The average molecular weight is 440 g/mol. The second-order valence-corrected chi connectivity index (χ2v) is 7.46. The molecule has 1 heterocycles. The van der Waals surface area contributed by atoms with Crippen LogP contribution in [0.2, 0.25) is 0 Å². The highest BCUT2D eigenvalue weighted by atomic mass is 32.2. The van der Waals surface area contributed by atoms with Gasteiger partial charge in [0.05, 0.1) is 5.75 Å². The Hall–Kier alpha value is -3.46. The summed E-state index contributed by atoms with van der Waals surface area (Å²) in [7, 11) is 0. The number of halogens is 1. The SMILES string of the molecule is C=CCn1c(CCNC(=O)c2ccc(F)cc2)nnc1SCC(=O)Nc1ccccc1. The van der Waals surface area contributed by atoms with Crippen LogP contribution in [-0.2, 0) is 17.8 Å². The number of nitrogens with one attached hydrogen (secondary N) is 2. The van der Waals surface area contributed by atoms with Gasteiger partial charge in [-0.25, -0.2) is 4.39 Å². The molecule has 0 spiro atoms. The van der Waals surface area contributed by atoms with Gasteiger partial charge < -0.3 is 15.2 Å². The van der Waals surface area contributed by atoms with Gasteiger partial charge in [-0.3, -0.25) is 9.59 Å². The first kappa shape index (κ1) is 22.2. The van der Waals surface area contributed by atoms with Crippen molar-refractivity contribution < 1.29 is 14.0 Å². The molecule has 0 saturated carbocycles. The molecule has 7 nitrogen and oxygen atoms in total. The van der Waals surface area contributed by atoms with Crippen LogP contribution in [-0.4, -0.2) is 38.9 Å². The summed E-state index contributed by atoms with van der Waals surface area (Å²) in [6.45, 7) is 4.58. The molecule has 2 amide bonds. The molecule has 2 N–H and O–H groups in total. The van der Waals surface area contributed by atoms with Crippen LogP contribution in [0.5, 0.6) is 0 Å². The number of anilines is 1. The van der Waals surface area contributed by atoms with Gasteiger partial charge in [0, 0.05) is 30.8 Å². The number of amides is 2. The van der Waals surface area contributed by atoms with Crippen LogP contribution >= 0.6 is 11.8 Å². The van der Waals surface area contributed by atoms with Crippen molar-refractivity contribution in [2.24, 2.45) is 0 Å². The van der Waals surface area contributed by atoms with Crippen molar-refractivity contribution in [1.29, 1.82) is 0 Å². The molecule has 3 aromatic rings. The van der Waals surface area contributed by atoms with Crippen molar-refractivity contribution in [2.75, 3.05) is 17.6 Å². The maximum Gasteiger partial charge on any atom is 0.251 e. The highest BCUT2D eigenvalue weighted by Crippen LogP contribution is 2.18. The quantitative estimate of drug-likeness (QED) is 0.374. The molecule has 0 unspecified atom stereocenters. The summed E-state index contributed by atoms with van der Waals surface area (Å²) in [5.41, 5.74) is 1.12. The topological polar surface area (TPSA) is 88.9 Å². The minimum atomic E-state index is -0.392. The number of rotatable bonds is 10. The van der Waals surface area contributed by atoms with E-state index >= 15 is 0 Å². The molecule has 31 heavy (non-hydrogen) atoms. The van der Waals surface area contributed by atoms with Crippen LogP contribution in [0.25, 0.3) is 0 Å². The number of benzene rings is 2. The Bertz CT molecular complexity index is 1040. The van der Waals surface area contributed by atoms with E-state index in [4.69, 9.17) is 0 Å². The summed E-state index contributed by atoms with van der Waals surface area (Å²) >= 11 is 1.28. The van der Waals surface area contributed by atoms with Gasteiger partial charge in [-0.05, 0) is 36.4 Å². The Kier molecular flexibility index (Phi) is 7.94. The zero-order valence-electron chi connectivity index (χ0n) is 16.8. The number of thioether (sulfide) groups is 1. The lowest BCUT2D eigenvalue weighted by Gasteiger charge is -2.09. The molecule has 0 aliphatic heterocycles. The van der Waals surface area contributed by atoms with Gasteiger partial charge in [-0.2, -0.15) is 0 Å². The van der Waals surface area contributed by atoms with E-state index in [1.807, 2.05) is 34.9 Å². The molecule has 3 rings (SSSR count). The summed E-state index contributed by atoms with van der Waals surface area (Å²) in [4.78, 5) is 24.3. The maximum atomic E-state index is 13.0. The largest absolute Gasteiger partial charge is 0.352 e. The summed E-state index contributed by atoms with van der Waals surface area (Å²) in [5, 5.41) is 14.6. The van der Waals surface area contributed by atoms with E-state index in [2.05, 4.69) is 27.4 Å². The first-order valence-electron chi connectivity index (χ1n) is 9.61. The number of allylic oxidation sites excluding steroid dienone is 1. The van der Waals surface area contributed by atoms with Crippen LogP contribution in [0.1, 0.15) is 16.2 Å². The lowest BCUT2D eigenvalue weighted by molar-refractivity contribution is -0.113. The molecule has 1 aromatic heterocycles. The molecular formula is C22H22FN5O2S. The lowest BCUT2D eigenvalue weighted by atomic mass is 10.2. The van der Waals surface area contributed by atoms with Crippen molar-refractivity contribution >= 4 is 29.3 Å². The zero-order valence-corrected chi connectivity index (χ0v) is 17.6. The fourth-order valence-electron chi connectivity index (χ4n) is 2.76. The number of carbonyl (C=O) groups excluding carboxylic acids is 2. The van der Waals surface area contributed by atoms with Crippen molar-refractivity contribution in [3.8, 4) is 0 Å². The van der Waals surface area contributed by atoms with Crippen LogP contribution in [0.15, 0.2) is 72.4 Å². The van der Waals surface area contributed by atoms with Crippen LogP contribution in [0.3, 0.4) is 0 Å². The second-order valence-electron chi connectivity index (χ2n) is 6.51. The van der Waals surface area contributed by atoms with Gasteiger partial charge in [0.2, 0.25) is 5.91 Å². The average Bonchev–Trinajstić information content (AvgIpc) is 3.15. The molecule has 2 aromatic carbocycles. The molecule has 0 saturated heterocycles. The van der Waals surface area contributed by atoms with Crippen LogP contribution in [0.4, 0.5) is 10.1 Å². The highest BCUT2D eigenvalue weighted by molar-refractivity contribution is 7.99. The van der Waals surface area contributed by atoms with E-state index < -0.39 is 5.82 Å². The molecule has 9 heteroatoms. The summed E-state index contributed by atoms with van der Waals surface area (Å²) in [6, 6.07) is 14.6. The van der Waals surface area contributed by atoms with Gasteiger partial charge in [0.1, 0.15) is 11.6 Å². The first-order chi connectivity index (χ1) is 15.1. The molecule has 0 bridgehead atoms. The normalized spacial score (nSPS) is 10.5. The van der Waals surface area contributed by atoms with Crippen molar-refractivity contribution in [3.05, 3.63) is 84.5 Å². The predicted octanol–water partition coefficient (Wildman–Crippen LogP) is 3.31. The third kappa shape index (κ3) is 6.51. The fraction of sp³-hybridized carbons (Fsp3) is 0.182. The Morgan fingerprint density at radius 1 is 1.10 bits per heavy atom. The van der Waals surface area contributed by atoms with Gasteiger partial charge >= 0.3 is 0 Å². The maximum absolute atomic E-state index is 13.0. The van der Waals surface area contributed by atoms with Gasteiger partial charge in [-0.15, -0.1) is 16.8 Å².